The Balaban J connectivity index is 1.48. The van der Waals surface area contributed by atoms with Crippen molar-refractivity contribution in [3.63, 3.8) is 0 Å². The van der Waals surface area contributed by atoms with E-state index in [9.17, 15) is 5.11 Å². The fourth-order valence-corrected chi connectivity index (χ4v) is 3.93. The minimum atomic E-state index is -0.195. The first kappa shape index (κ1) is 15.7. The zero-order chi connectivity index (χ0) is 16.4. The fraction of sp³-hybridized carbons (Fsp3) is 0.556. The van der Waals surface area contributed by atoms with E-state index in [2.05, 4.69) is 15.1 Å². The number of aromatic nitrogens is 3. The van der Waals surface area contributed by atoms with Crippen LogP contribution in [0.15, 0.2) is 36.5 Å². The van der Waals surface area contributed by atoms with Gasteiger partial charge in [-0.3, -0.25) is 4.90 Å². The largest absolute Gasteiger partial charge is 0.393 e. The Morgan fingerprint density at radius 2 is 2.08 bits per heavy atom. The molecule has 0 spiro atoms. The fourth-order valence-electron chi connectivity index (χ4n) is 3.93. The molecule has 1 aliphatic carbocycles. The van der Waals surface area contributed by atoms with Crippen LogP contribution in [0.3, 0.4) is 0 Å². The third-order valence-electron chi connectivity index (χ3n) is 5.20. The first-order chi connectivity index (χ1) is 11.8. The summed E-state index contributed by atoms with van der Waals surface area (Å²) in [5, 5.41) is 19.3. The average molecular weight is 328 g/mol. The molecule has 2 aromatic rings. The Labute approximate surface area is 142 Å². The van der Waals surface area contributed by atoms with Crippen LogP contribution in [-0.4, -0.2) is 56.9 Å². The minimum Gasteiger partial charge on any atom is -0.393 e. The van der Waals surface area contributed by atoms with Gasteiger partial charge >= 0.3 is 0 Å². The molecule has 0 amide bonds. The van der Waals surface area contributed by atoms with Crippen molar-refractivity contribution >= 4 is 0 Å². The van der Waals surface area contributed by atoms with Crippen LogP contribution in [-0.2, 0) is 11.3 Å². The van der Waals surface area contributed by atoms with Crippen molar-refractivity contribution < 1.29 is 9.84 Å². The maximum atomic E-state index is 10.3. The number of rotatable bonds is 4. The predicted octanol–water partition coefficient (Wildman–Crippen LogP) is 1.63. The molecule has 24 heavy (non-hydrogen) atoms. The van der Waals surface area contributed by atoms with Crippen molar-refractivity contribution in [1.29, 1.82) is 0 Å². The number of nitrogens with zero attached hydrogens (tertiary/aromatic N) is 4. The van der Waals surface area contributed by atoms with Crippen molar-refractivity contribution in [3.05, 3.63) is 42.2 Å². The van der Waals surface area contributed by atoms with Crippen molar-refractivity contribution in [1.82, 2.24) is 19.9 Å². The number of morpholine rings is 1. The van der Waals surface area contributed by atoms with Gasteiger partial charge in [0.05, 0.1) is 36.9 Å². The van der Waals surface area contributed by atoms with Gasteiger partial charge in [0.2, 0.25) is 0 Å². The molecule has 0 unspecified atom stereocenters. The Hall–Kier alpha value is -1.76. The third-order valence-corrected chi connectivity index (χ3v) is 5.20. The van der Waals surface area contributed by atoms with Crippen molar-refractivity contribution in [3.8, 4) is 5.69 Å². The summed E-state index contributed by atoms with van der Waals surface area (Å²) in [5.74, 6) is 0.314. The van der Waals surface area contributed by atoms with Gasteiger partial charge in [-0.2, -0.15) is 15.0 Å². The lowest BCUT2D eigenvalue weighted by Crippen LogP contribution is -2.50. The van der Waals surface area contributed by atoms with Gasteiger partial charge in [0.25, 0.3) is 0 Å². The summed E-state index contributed by atoms with van der Waals surface area (Å²) in [6.45, 7) is 3.08. The monoisotopic (exact) mass is 328 g/mol. The van der Waals surface area contributed by atoms with Crippen LogP contribution < -0.4 is 0 Å². The molecule has 4 rings (SSSR count). The summed E-state index contributed by atoms with van der Waals surface area (Å²) in [5.41, 5.74) is 1.92. The zero-order valence-electron chi connectivity index (χ0n) is 13.8. The van der Waals surface area contributed by atoms with Gasteiger partial charge < -0.3 is 9.84 Å². The molecular weight excluding hydrogens is 304 g/mol. The molecule has 1 aromatic carbocycles. The minimum absolute atomic E-state index is 0.195. The second-order valence-electron chi connectivity index (χ2n) is 6.74. The first-order valence-corrected chi connectivity index (χ1v) is 8.78. The molecule has 128 valence electrons. The van der Waals surface area contributed by atoms with Crippen molar-refractivity contribution in [2.75, 3.05) is 19.8 Å². The van der Waals surface area contributed by atoms with E-state index in [0.717, 1.165) is 50.3 Å². The van der Waals surface area contributed by atoms with E-state index in [0.29, 0.717) is 12.5 Å². The molecule has 2 aliphatic rings. The molecule has 0 bridgehead atoms. The molecule has 1 N–H and O–H groups in total. The summed E-state index contributed by atoms with van der Waals surface area (Å²) in [4.78, 5) is 4.08. The molecule has 3 atom stereocenters. The van der Waals surface area contributed by atoms with Crippen LogP contribution in [0.1, 0.15) is 25.0 Å². The highest BCUT2D eigenvalue weighted by Crippen LogP contribution is 2.32. The van der Waals surface area contributed by atoms with Crippen LogP contribution in [0, 0.1) is 5.92 Å². The van der Waals surface area contributed by atoms with Gasteiger partial charge in [-0.1, -0.05) is 24.6 Å². The molecule has 0 radical (unpaired) electrons. The first-order valence-electron chi connectivity index (χ1n) is 8.78. The second-order valence-corrected chi connectivity index (χ2v) is 6.74. The summed E-state index contributed by atoms with van der Waals surface area (Å²) in [7, 11) is 0. The zero-order valence-corrected chi connectivity index (χ0v) is 13.8. The molecule has 1 saturated carbocycles. The second kappa shape index (κ2) is 7.01. The highest BCUT2D eigenvalue weighted by molar-refractivity contribution is 5.28. The van der Waals surface area contributed by atoms with Crippen LogP contribution in [0.25, 0.3) is 5.69 Å². The van der Waals surface area contributed by atoms with E-state index in [1.807, 2.05) is 36.5 Å². The van der Waals surface area contributed by atoms with E-state index < -0.39 is 0 Å². The normalized spacial score (nSPS) is 28.3. The topological polar surface area (TPSA) is 63.4 Å². The molecule has 2 fully saturated rings. The number of benzene rings is 1. The van der Waals surface area contributed by atoms with Gasteiger partial charge in [-0.25, -0.2) is 0 Å². The van der Waals surface area contributed by atoms with E-state index in [-0.39, 0.29) is 12.1 Å². The number of hydrogen-bond acceptors (Lipinski definition) is 5. The SMILES string of the molecule is O[C@@H]1CCC[C@@H]1[C@@H]1COCCN1Cc1cnn(-c2ccccc2)n1. The standard InChI is InChI=1S/C18H24N4O2/c23-18-8-4-7-16(18)17-13-24-10-9-21(17)12-14-11-19-22(20-14)15-5-2-1-3-6-15/h1-3,5-6,11,16-18,23H,4,7-10,12-13H2/t16-,17+,18-/m1/s1. The third kappa shape index (κ3) is 3.22. The lowest BCUT2D eigenvalue weighted by Gasteiger charge is -2.39. The smallest absolute Gasteiger partial charge is 0.0971 e. The Morgan fingerprint density at radius 1 is 1.21 bits per heavy atom. The Morgan fingerprint density at radius 3 is 2.88 bits per heavy atom. The van der Waals surface area contributed by atoms with Crippen LogP contribution >= 0.6 is 0 Å². The molecular formula is C18H24N4O2. The maximum absolute atomic E-state index is 10.3. The van der Waals surface area contributed by atoms with Crippen LogP contribution in [0.5, 0.6) is 0 Å². The molecule has 1 saturated heterocycles. The molecule has 1 aliphatic heterocycles. The highest BCUT2D eigenvalue weighted by atomic mass is 16.5. The highest BCUT2D eigenvalue weighted by Gasteiger charge is 2.37. The number of ether oxygens (including phenoxy) is 1. The molecule has 6 nitrogen and oxygen atoms in total. The molecule has 2 heterocycles. The quantitative estimate of drug-likeness (QED) is 0.924. The molecule has 1 aromatic heterocycles. The average Bonchev–Trinajstić information content (AvgIpc) is 3.25. The lowest BCUT2D eigenvalue weighted by molar-refractivity contribution is -0.0541. The predicted molar refractivity (Wildman–Crippen MR) is 89.7 cm³/mol. The number of aliphatic hydroxyl groups excluding tert-OH is 1. The number of aliphatic hydroxyl groups is 1. The lowest BCUT2D eigenvalue weighted by atomic mass is 9.94. The maximum Gasteiger partial charge on any atom is 0.0971 e. The van der Waals surface area contributed by atoms with E-state index in [4.69, 9.17) is 4.74 Å². The van der Waals surface area contributed by atoms with E-state index in [1.54, 1.807) is 4.80 Å². The van der Waals surface area contributed by atoms with Crippen molar-refractivity contribution in [2.24, 2.45) is 5.92 Å². The molecule has 6 heteroatoms. The van der Waals surface area contributed by atoms with E-state index >= 15 is 0 Å². The number of hydrogen-bond donors (Lipinski definition) is 1. The summed E-state index contributed by atoms with van der Waals surface area (Å²) in [6.07, 6.45) is 4.76. The van der Waals surface area contributed by atoms with Gasteiger partial charge in [-0.05, 0) is 25.0 Å². The Bertz CT molecular complexity index is 660. The summed E-state index contributed by atoms with van der Waals surface area (Å²) >= 11 is 0. The summed E-state index contributed by atoms with van der Waals surface area (Å²) < 4.78 is 5.69. The van der Waals surface area contributed by atoms with Gasteiger partial charge in [0, 0.05) is 25.0 Å². The van der Waals surface area contributed by atoms with E-state index in [1.165, 1.54) is 0 Å². The van der Waals surface area contributed by atoms with Crippen molar-refractivity contribution in [2.45, 2.75) is 38.0 Å². The summed E-state index contributed by atoms with van der Waals surface area (Å²) in [6, 6.07) is 10.2. The van der Waals surface area contributed by atoms with Crippen LogP contribution in [0.2, 0.25) is 0 Å². The van der Waals surface area contributed by atoms with Gasteiger partial charge in [0.1, 0.15) is 0 Å². The van der Waals surface area contributed by atoms with Gasteiger partial charge in [0.15, 0.2) is 0 Å². The van der Waals surface area contributed by atoms with Gasteiger partial charge in [-0.15, -0.1) is 0 Å². The van der Waals surface area contributed by atoms with Crippen LogP contribution in [0.4, 0.5) is 0 Å². The number of para-hydroxylation sites is 1. The Kier molecular flexibility index (Phi) is 4.60.